The number of rotatable bonds is 2. The fourth-order valence-electron chi connectivity index (χ4n) is 1.47. The van der Waals surface area contributed by atoms with Gasteiger partial charge in [0.05, 0.1) is 12.2 Å². The van der Waals surface area contributed by atoms with Crippen LogP contribution in [0.3, 0.4) is 0 Å². The molecule has 2 nitrogen and oxygen atoms in total. The zero-order valence-electron chi connectivity index (χ0n) is 6.84. The maximum Gasteiger partial charge on any atom is 0.0594 e. The van der Waals surface area contributed by atoms with Crippen LogP contribution in [0.4, 0.5) is 0 Å². The third-order valence-corrected chi connectivity index (χ3v) is 1.95. The lowest BCUT2D eigenvalue weighted by molar-refractivity contribution is 0.0480. The molecule has 0 aromatic carbocycles. The predicted octanol–water partition coefficient (Wildman–Crippen LogP) is 1.29. The van der Waals surface area contributed by atoms with E-state index in [2.05, 4.69) is 6.92 Å². The Balaban J connectivity index is 2.18. The van der Waals surface area contributed by atoms with E-state index in [-0.39, 0.29) is 6.04 Å². The van der Waals surface area contributed by atoms with Crippen molar-refractivity contribution in [3.8, 4) is 0 Å². The van der Waals surface area contributed by atoms with Crippen LogP contribution in [0.25, 0.3) is 0 Å². The summed E-state index contributed by atoms with van der Waals surface area (Å²) in [6.07, 6.45) is 4.32. The van der Waals surface area contributed by atoms with Crippen LogP contribution < -0.4 is 5.73 Å². The van der Waals surface area contributed by atoms with Crippen molar-refractivity contribution in [3.63, 3.8) is 0 Å². The van der Waals surface area contributed by atoms with E-state index in [0.717, 1.165) is 6.42 Å². The zero-order chi connectivity index (χ0) is 7.56. The van der Waals surface area contributed by atoms with E-state index in [1.807, 2.05) is 6.92 Å². The Kier molecular flexibility index (Phi) is 2.69. The SMILES string of the molecule is C[C@H](N)CC1CC[C@@H](C)O1. The molecule has 1 aliphatic rings. The summed E-state index contributed by atoms with van der Waals surface area (Å²) in [5.74, 6) is 0. The largest absolute Gasteiger partial charge is 0.375 e. The molecule has 1 fully saturated rings. The Morgan fingerprint density at radius 1 is 1.60 bits per heavy atom. The van der Waals surface area contributed by atoms with Crippen LogP contribution in [0, 0.1) is 0 Å². The van der Waals surface area contributed by atoms with Gasteiger partial charge in [0, 0.05) is 6.04 Å². The molecule has 1 unspecified atom stereocenters. The van der Waals surface area contributed by atoms with Gasteiger partial charge in [0.15, 0.2) is 0 Å². The van der Waals surface area contributed by atoms with Crippen LogP contribution >= 0.6 is 0 Å². The van der Waals surface area contributed by atoms with Gasteiger partial charge in [-0.05, 0) is 33.1 Å². The summed E-state index contributed by atoms with van der Waals surface area (Å²) in [6, 6.07) is 0.287. The second-order valence-corrected chi connectivity index (χ2v) is 3.36. The van der Waals surface area contributed by atoms with Gasteiger partial charge in [0.25, 0.3) is 0 Å². The van der Waals surface area contributed by atoms with Crippen LogP contribution in [0.2, 0.25) is 0 Å². The Morgan fingerprint density at radius 2 is 2.30 bits per heavy atom. The quantitative estimate of drug-likeness (QED) is 0.632. The molecular weight excluding hydrogens is 126 g/mol. The summed E-state index contributed by atoms with van der Waals surface area (Å²) in [5, 5.41) is 0. The van der Waals surface area contributed by atoms with Crippen molar-refractivity contribution in [1.82, 2.24) is 0 Å². The molecule has 3 atom stereocenters. The Hall–Kier alpha value is -0.0800. The van der Waals surface area contributed by atoms with Gasteiger partial charge >= 0.3 is 0 Å². The minimum atomic E-state index is 0.287. The van der Waals surface area contributed by atoms with Gasteiger partial charge in [-0.2, -0.15) is 0 Å². The average Bonchev–Trinajstić information content (AvgIpc) is 2.13. The van der Waals surface area contributed by atoms with E-state index in [0.29, 0.717) is 12.2 Å². The number of nitrogens with two attached hydrogens (primary N) is 1. The second-order valence-electron chi connectivity index (χ2n) is 3.36. The van der Waals surface area contributed by atoms with Crippen LogP contribution in [0.5, 0.6) is 0 Å². The number of hydrogen-bond acceptors (Lipinski definition) is 2. The molecule has 10 heavy (non-hydrogen) atoms. The molecule has 0 aromatic rings. The van der Waals surface area contributed by atoms with Gasteiger partial charge in [0.1, 0.15) is 0 Å². The van der Waals surface area contributed by atoms with E-state index in [4.69, 9.17) is 10.5 Å². The van der Waals surface area contributed by atoms with Crippen LogP contribution in [-0.4, -0.2) is 18.2 Å². The molecule has 2 N–H and O–H groups in total. The lowest BCUT2D eigenvalue weighted by Crippen LogP contribution is -2.22. The molecule has 1 rings (SSSR count). The highest BCUT2D eigenvalue weighted by atomic mass is 16.5. The van der Waals surface area contributed by atoms with Crippen molar-refractivity contribution >= 4 is 0 Å². The molecule has 0 spiro atoms. The maximum absolute atomic E-state index is 5.64. The summed E-state index contributed by atoms with van der Waals surface area (Å²) in [4.78, 5) is 0. The maximum atomic E-state index is 5.64. The van der Waals surface area contributed by atoms with E-state index in [1.165, 1.54) is 12.8 Å². The van der Waals surface area contributed by atoms with Crippen molar-refractivity contribution in [3.05, 3.63) is 0 Å². The summed E-state index contributed by atoms with van der Waals surface area (Å²) < 4.78 is 5.59. The predicted molar refractivity (Wildman–Crippen MR) is 41.8 cm³/mol. The van der Waals surface area contributed by atoms with E-state index < -0.39 is 0 Å². The first-order valence-electron chi connectivity index (χ1n) is 4.09. The molecular formula is C8H17NO. The second kappa shape index (κ2) is 3.35. The standard InChI is InChI=1S/C8H17NO/c1-6(9)5-8-4-3-7(2)10-8/h6-8H,3-5,9H2,1-2H3/t6-,7+,8?/m0/s1. The molecule has 2 heteroatoms. The van der Waals surface area contributed by atoms with Crippen molar-refractivity contribution in [2.24, 2.45) is 5.73 Å². The monoisotopic (exact) mass is 143 g/mol. The smallest absolute Gasteiger partial charge is 0.0594 e. The zero-order valence-corrected chi connectivity index (χ0v) is 6.84. The van der Waals surface area contributed by atoms with Crippen LogP contribution in [0.15, 0.2) is 0 Å². The first kappa shape index (κ1) is 8.02. The molecule has 0 bridgehead atoms. The molecule has 0 aromatic heterocycles. The van der Waals surface area contributed by atoms with Crippen molar-refractivity contribution in [1.29, 1.82) is 0 Å². The first-order valence-corrected chi connectivity index (χ1v) is 4.09. The summed E-state index contributed by atoms with van der Waals surface area (Å²) in [7, 11) is 0. The van der Waals surface area contributed by atoms with Crippen molar-refractivity contribution < 1.29 is 4.74 Å². The highest BCUT2D eigenvalue weighted by Gasteiger charge is 2.21. The van der Waals surface area contributed by atoms with E-state index >= 15 is 0 Å². The van der Waals surface area contributed by atoms with Gasteiger partial charge in [-0.15, -0.1) is 0 Å². The van der Waals surface area contributed by atoms with Crippen LogP contribution in [0.1, 0.15) is 33.1 Å². The van der Waals surface area contributed by atoms with Gasteiger partial charge in [-0.1, -0.05) is 0 Å². The molecule has 60 valence electrons. The molecule has 1 heterocycles. The van der Waals surface area contributed by atoms with E-state index in [9.17, 15) is 0 Å². The Labute approximate surface area is 62.7 Å². The van der Waals surface area contributed by atoms with E-state index in [1.54, 1.807) is 0 Å². The van der Waals surface area contributed by atoms with Gasteiger partial charge < -0.3 is 10.5 Å². The molecule has 1 aliphatic heterocycles. The van der Waals surface area contributed by atoms with Gasteiger partial charge in [-0.25, -0.2) is 0 Å². The fourth-order valence-corrected chi connectivity index (χ4v) is 1.47. The molecule has 0 amide bonds. The van der Waals surface area contributed by atoms with Gasteiger partial charge in [0.2, 0.25) is 0 Å². The number of hydrogen-bond donors (Lipinski definition) is 1. The van der Waals surface area contributed by atoms with Crippen molar-refractivity contribution in [2.75, 3.05) is 0 Å². The lowest BCUT2D eigenvalue weighted by Gasteiger charge is -2.12. The Bertz CT molecular complexity index is 103. The minimum Gasteiger partial charge on any atom is -0.375 e. The highest BCUT2D eigenvalue weighted by Crippen LogP contribution is 2.21. The number of ether oxygens (including phenoxy) is 1. The molecule has 0 radical (unpaired) electrons. The van der Waals surface area contributed by atoms with Crippen LogP contribution in [-0.2, 0) is 4.74 Å². The van der Waals surface area contributed by atoms with Crippen molar-refractivity contribution in [2.45, 2.75) is 51.4 Å². The Morgan fingerprint density at radius 3 is 2.70 bits per heavy atom. The summed E-state index contributed by atoms with van der Waals surface area (Å²) in [6.45, 7) is 4.16. The fraction of sp³-hybridized carbons (Fsp3) is 1.00. The highest BCUT2D eigenvalue weighted by molar-refractivity contribution is 4.73. The average molecular weight is 143 g/mol. The summed E-state index contributed by atoms with van der Waals surface area (Å²) in [5.41, 5.74) is 5.64. The lowest BCUT2D eigenvalue weighted by atomic mass is 10.1. The third-order valence-electron chi connectivity index (χ3n) is 1.95. The van der Waals surface area contributed by atoms with Gasteiger partial charge in [-0.3, -0.25) is 0 Å². The topological polar surface area (TPSA) is 35.2 Å². The minimum absolute atomic E-state index is 0.287. The normalized spacial score (nSPS) is 36.3. The first-order chi connectivity index (χ1) is 4.68. The molecule has 0 aliphatic carbocycles. The third kappa shape index (κ3) is 2.27. The summed E-state index contributed by atoms with van der Waals surface area (Å²) >= 11 is 0. The molecule has 1 saturated heterocycles. The molecule has 0 saturated carbocycles.